The molecule has 0 aromatic heterocycles. The number of hydrogen-bond donors (Lipinski definition) is 1. The molecule has 3 heterocycles. The molecule has 0 saturated carbocycles. The van der Waals surface area contributed by atoms with Crippen molar-refractivity contribution >= 4 is 23.2 Å². The van der Waals surface area contributed by atoms with Gasteiger partial charge in [-0.3, -0.25) is 19.4 Å². The number of carbonyl (C=O) groups excluding carboxylic acids is 2. The third kappa shape index (κ3) is 7.51. The molecule has 1 unspecified atom stereocenters. The molecule has 0 radical (unpaired) electrons. The molecule has 9 nitrogen and oxygen atoms in total. The molecule has 236 valence electrons. The molecule has 3 aliphatic heterocycles. The maximum Gasteiger partial charge on any atom is 0.236 e. The van der Waals surface area contributed by atoms with Crippen molar-refractivity contribution in [3.8, 4) is 0 Å². The topological polar surface area (TPSA) is 80.7 Å². The van der Waals surface area contributed by atoms with Gasteiger partial charge in [0.05, 0.1) is 30.5 Å². The summed E-state index contributed by atoms with van der Waals surface area (Å²) in [6.07, 6.45) is 0.261. The first-order chi connectivity index (χ1) is 21.9. The highest BCUT2D eigenvalue weighted by Gasteiger charge is 2.30. The minimum Gasteiger partial charge on any atom is -0.390 e. The van der Waals surface area contributed by atoms with Crippen LogP contribution in [0.5, 0.6) is 0 Å². The molecule has 0 spiro atoms. The van der Waals surface area contributed by atoms with Crippen LogP contribution in [0.15, 0.2) is 84.0 Å². The van der Waals surface area contributed by atoms with Gasteiger partial charge in [0.2, 0.25) is 11.8 Å². The number of benzene rings is 3. The van der Waals surface area contributed by atoms with Crippen LogP contribution in [0, 0.1) is 5.82 Å². The number of hydrogen-bond acceptors (Lipinski definition) is 7. The molecule has 2 fully saturated rings. The number of oxime groups is 1. The first-order valence-electron chi connectivity index (χ1n) is 15.8. The zero-order chi connectivity index (χ0) is 31.2. The molecule has 0 bridgehead atoms. The van der Waals surface area contributed by atoms with Crippen LogP contribution in [0.4, 0.5) is 10.1 Å². The van der Waals surface area contributed by atoms with Crippen molar-refractivity contribution in [2.75, 3.05) is 70.3 Å². The second-order valence-corrected chi connectivity index (χ2v) is 12.0. The summed E-state index contributed by atoms with van der Waals surface area (Å²) in [6, 6.07) is 26.6. The van der Waals surface area contributed by atoms with Crippen LogP contribution >= 0.6 is 0 Å². The van der Waals surface area contributed by atoms with Gasteiger partial charge in [-0.15, -0.1) is 0 Å². The Balaban J connectivity index is 0.979. The van der Waals surface area contributed by atoms with E-state index in [1.165, 1.54) is 24.1 Å². The smallest absolute Gasteiger partial charge is 0.236 e. The number of rotatable bonds is 9. The fraction of sp³-hybridized carbons (Fsp3) is 0.400. The van der Waals surface area contributed by atoms with E-state index in [4.69, 9.17) is 4.84 Å². The molecule has 3 aromatic rings. The largest absolute Gasteiger partial charge is 0.390 e. The van der Waals surface area contributed by atoms with Gasteiger partial charge >= 0.3 is 0 Å². The van der Waals surface area contributed by atoms with Crippen molar-refractivity contribution in [1.82, 2.24) is 20.0 Å². The minimum atomic E-state index is -0.317. The Morgan fingerprint density at radius 3 is 2.13 bits per heavy atom. The van der Waals surface area contributed by atoms with E-state index in [2.05, 4.69) is 80.9 Å². The van der Waals surface area contributed by atoms with Gasteiger partial charge in [-0.25, -0.2) is 4.39 Å². The van der Waals surface area contributed by atoms with Crippen LogP contribution in [-0.2, 0) is 14.4 Å². The molecule has 1 N–H and O–H groups in total. The standard InChI is InChI=1S/C35H41FN6O3/c1-26(43)37-24-30-23-32(38-45-30)29-12-13-33(31(36)22-29)40-18-20-41(21-19-40)34(44)25-39-14-16-42(17-15-39)35(27-8-4-2-5-9-27)28-10-6-3-7-11-28/h2-13,22,30,35H,14-21,23-25H2,1H3,(H,37,43). The van der Waals surface area contributed by atoms with Gasteiger partial charge < -0.3 is 20.0 Å². The summed E-state index contributed by atoms with van der Waals surface area (Å²) in [5.41, 5.74) is 4.44. The van der Waals surface area contributed by atoms with Gasteiger partial charge in [-0.1, -0.05) is 71.9 Å². The van der Waals surface area contributed by atoms with E-state index in [0.717, 1.165) is 26.2 Å². The van der Waals surface area contributed by atoms with Gasteiger partial charge in [-0.2, -0.15) is 0 Å². The molecule has 3 aromatic carbocycles. The number of carbonyl (C=O) groups is 2. The Morgan fingerprint density at radius 2 is 1.53 bits per heavy atom. The van der Waals surface area contributed by atoms with Crippen molar-refractivity contribution in [2.45, 2.75) is 25.5 Å². The fourth-order valence-electron chi connectivity index (χ4n) is 6.46. The summed E-state index contributed by atoms with van der Waals surface area (Å²) < 4.78 is 15.2. The van der Waals surface area contributed by atoms with E-state index in [1.807, 2.05) is 15.9 Å². The highest BCUT2D eigenvalue weighted by Crippen LogP contribution is 2.30. The quantitative estimate of drug-likeness (QED) is 0.399. The summed E-state index contributed by atoms with van der Waals surface area (Å²) in [5, 5.41) is 6.82. The Kier molecular flexibility index (Phi) is 9.71. The zero-order valence-electron chi connectivity index (χ0n) is 25.8. The SMILES string of the molecule is CC(=O)NCC1CC(c2ccc(N3CCN(C(=O)CN4CCN(C(c5ccccc5)c5ccccc5)CC4)CC3)c(F)c2)=NO1. The van der Waals surface area contributed by atoms with Crippen LogP contribution in [0.25, 0.3) is 0 Å². The fourth-order valence-corrected chi connectivity index (χ4v) is 6.46. The average Bonchev–Trinajstić information content (AvgIpc) is 3.55. The molecule has 0 aliphatic carbocycles. The number of nitrogens with zero attached hydrogens (tertiary/aromatic N) is 5. The van der Waals surface area contributed by atoms with Crippen LogP contribution in [0.1, 0.15) is 36.1 Å². The molecule has 2 saturated heterocycles. The van der Waals surface area contributed by atoms with Crippen molar-refractivity contribution in [1.29, 1.82) is 0 Å². The second kappa shape index (κ2) is 14.2. The Bertz CT molecular complexity index is 1450. The highest BCUT2D eigenvalue weighted by molar-refractivity contribution is 6.01. The summed E-state index contributed by atoms with van der Waals surface area (Å²) in [7, 11) is 0. The van der Waals surface area contributed by atoms with Gasteiger partial charge in [0.25, 0.3) is 0 Å². The van der Waals surface area contributed by atoms with Crippen molar-refractivity contribution in [3.05, 3.63) is 101 Å². The van der Waals surface area contributed by atoms with Crippen LogP contribution in [0.3, 0.4) is 0 Å². The van der Waals surface area contributed by atoms with Crippen molar-refractivity contribution in [2.24, 2.45) is 5.16 Å². The lowest BCUT2D eigenvalue weighted by Crippen LogP contribution is -2.54. The normalized spacial score (nSPS) is 19.4. The summed E-state index contributed by atoms with van der Waals surface area (Å²) in [4.78, 5) is 38.5. The summed E-state index contributed by atoms with van der Waals surface area (Å²) >= 11 is 0. The van der Waals surface area contributed by atoms with E-state index < -0.39 is 0 Å². The van der Waals surface area contributed by atoms with Crippen LogP contribution in [-0.4, -0.2) is 104 Å². The van der Waals surface area contributed by atoms with E-state index in [-0.39, 0.29) is 29.8 Å². The number of halogens is 1. The van der Waals surface area contributed by atoms with E-state index in [0.29, 0.717) is 62.7 Å². The number of anilines is 1. The molecule has 6 rings (SSSR count). The van der Waals surface area contributed by atoms with Gasteiger partial charge in [0, 0.05) is 71.3 Å². The molecule has 2 amide bonds. The number of piperazine rings is 2. The highest BCUT2D eigenvalue weighted by atomic mass is 19.1. The molecule has 3 aliphatic rings. The maximum atomic E-state index is 15.2. The molecule has 10 heteroatoms. The van der Waals surface area contributed by atoms with E-state index in [1.54, 1.807) is 6.07 Å². The lowest BCUT2D eigenvalue weighted by atomic mass is 9.96. The first-order valence-corrected chi connectivity index (χ1v) is 15.8. The lowest BCUT2D eigenvalue weighted by molar-refractivity contribution is -0.133. The summed E-state index contributed by atoms with van der Waals surface area (Å²) in [6.45, 7) is 7.97. The van der Waals surface area contributed by atoms with Crippen molar-refractivity contribution < 1.29 is 18.8 Å². The molecular weight excluding hydrogens is 571 g/mol. The second-order valence-electron chi connectivity index (χ2n) is 12.0. The average molecular weight is 613 g/mol. The molecular formula is C35H41FN6O3. The lowest BCUT2D eigenvalue weighted by Gasteiger charge is -2.41. The molecule has 1 atom stereocenters. The van der Waals surface area contributed by atoms with E-state index >= 15 is 4.39 Å². The third-order valence-electron chi connectivity index (χ3n) is 8.93. The van der Waals surface area contributed by atoms with Crippen molar-refractivity contribution in [3.63, 3.8) is 0 Å². The van der Waals surface area contributed by atoms with Gasteiger partial charge in [0.1, 0.15) is 11.9 Å². The predicted molar refractivity (Wildman–Crippen MR) is 173 cm³/mol. The Morgan fingerprint density at radius 1 is 0.889 bits per heavy atom. The number of nitrogens with one attached hydrogen (secondary N) is 1. The maximum absolute atomic E-state index is 15.2. The monoisotopic (exact) mass is 612 g/mol. The Hall–Kier alpha value is -4.28. The van der Waals surface area contributed by atoms with Crippen LogP contribution in [0.2, 0.25) is 0 Å². The zero-order valence-corrected chi connectivity index (χ0v) is 25.8. The first kappa shape index (κ1) is 30.7. The Labute approximate surface area is 264 Å². The van der Waals surface area contributed by atoms with Crippen LogP contribution < -0.4 is 10.2 Å². The van der Waals surface area contributed by atoms with Gasteiger partial charge in [0.15, 0.2) is 0 Å². The number of amides is 2. The third-order valence-corrected chi connectivity index (χ3v) is 8.93. The minimum absolute atomic E-state index is 0.126. The molecule has 45 heavy (non-hydrogen) atoms. The predicted octanol–water partition coefficient (Wildman–Crippen LogP) is 3.51. The summed E-state index contributed by atoms with van der Waals surface area (Å²) in [5.74, 6) is -0.309. The van der Waals surface area contributed by atoms with E-state index in [9.17, 15) is 9.59 Å². The van der Waals surface area contributed by atoms with Gasteiger partial charge in [-0.05, 0) is 23.3 Å².